The molecule has 0 aliphatic heterocycles. The molecule has 0 spiro atoms. The highest BCUT2D eigenvalue weighted by Crippen LogP contribution is 2.24. The highest BCUT2D eigenvalue weighted by Gasteiger charge is 2.19. The van der Waals surface area contributed by atoms with Crippen LogP contribution in [0, 0.1) is 0 Å². The molecular formula is C12H12BrN3O2. The average molecular weight is 310 g/mol. The number of hydrogen-bond donors (Lipinski definition) is 1. The minimum absolute atomic E-state index is 0.157. The zero-order chi connectivity index (χ0) is 13.1. The van der Waals surface area contributed by atoms with Gasteiger partial charge in [0.2, 0.25) is 0 Å². The van der Waals surface area contributed by atoms with Crippen LogP contribution in [0.1, 0.15) is 17.4 Å². The van der Waals surface area contributed by atoms with Gasteiger partial charge in [-0.15, -0.1) is 0 Å². The summed E-state index contributed by atoms with van der Waals surface area (Å²) in [7, 11) is 0. The van der Waals surface area contributed by atoms with Gasteiger partial charge in [0.05, 0.1) is 12.3 Å². The van der Waals surface area contributed by atoms with E-state index in [4.69, 9.17) is 10.5 Å². The summed E-state index contributed by atoms with van der Waals surface area (Å²) < 4.78 is 7.42. The number of ether oxygens (including phenoxy) is 1. The molecule has 0 radical (unpaired) electrons. The Morgan fingerprint density at radius 2 is 2.22 bits per heavy atom. The lowest BCUT2D eigenvalue weighted by molar-refractivity contribution is 0.0518. The monoisotopic (exact) mass is 309 g/mol. The molecule has 2 N–H and O–H groups in total. The third kappa shape index (κ3) is 2.24. The molecule has 0 atom stereocenters. The van der Waals surface area contributed by atoms with Crippen LogP contribution in [0.5, 0.6) is 0 Å². The molecule has 1 aromatic carbocycles. The predicted molar refractivity (Wildman–Crippen MR) is 71.6 cm³/mol. The summed E-state index contributed by atoms with van der Waals surface area (Å²) in [5, 5.41) is 0. The first-order valence-electron chi connectivity index (χ1n) is 5.40. The minimum atomic E-state index is -0.483. The number of hydrogen-bond acceptors (Lipinski definition) is 4. The molecule has 0 fully saturated rings. The van der Waals surface area contributed by atoms with Crippen molar-refractivity contribution in [3.05, 3.63) is 40.8 Å². The van der Waals surface area contributed by atoms with Crippen molar-refractivity contribution in [2.24, 2.45) is 0 Å². The predicted octanol–water partition coefficient (Wildman–Crippen LogP) is 2.39. The van der Waals surface area contributed by atoms with Gasteiger partial charge in [0.15, 0.2) is 11.5 Å². The lowest BCUT2D eigenvalue weighted by Gasteiger charge is -2.09. The quantitative estimate of drug-likeness (QED) is 0.884. The van der Waals surface area contributed by atoms with Crippen LogP contribution in [-0.4, -0.2) is 22.1 Å². The molecule has 0 aliphatic carbocycles. The number of benzene rings is 1. The van der Waals surface area contributed by atoms with Crippen LogP contribution in [0.2, 0.25) is 0 Å². The van der Waals surface area contributed by atoms with Crippen LogP contribution in [-0.2, 0) is 4.74 Å². The molecule has 2 rings (SSSR count). The zero-order valence-corrected chi connectivity index (χ0v) is 11.3. The summed E-state index contributed by atoms with van der Waals surface area (Å²) in [5.41, 5.74) is 6.73. The third-order valence-electron chi connectivity index (χ3n) is 2.38. The number of nitrogens with two attached hydrogens (primary N) is 1. The first-order valence-corrected chi connectivity index (χ1v) is 6.19. The second-order valence-corrected chi connectivity index (χ2v) is 4.37. The van der Waals surface area contributed by atoms with Crippen molar-refractivity contribution in [1.29, 1.82) is 0 Å². The fraction of sp³-hybridized carbons (Fsp3) is 0.167. The second-order valence-electron chi connectivity index (χ2n) is 3.52. The van der Waals surface area contributed by atoms with E-state index in [9.17, 15) is 4.79 Å². The number of imidazole rings is 1. The number of carbonyl (C=O) groups is 1. The van der Waals surface area contributed by atoms with E-state index in [0.29, 0.717) is 6.61 Å². The normalized spacial score (nSPS) is 10.3. The van der Waals surface area contributed by atoms with Crippen molar-refractivity contribution < 1.29 is 9.53 Å². The molecule has 5 nitrogen and oxygen atoms in total. The van der Waals surface area contributed by atoms with Gasteiger partial charge in [-0.05, 0) is 35.0 Å². The topological polar surface area (TPSA) is 70.1 Å². The fourth-order valence-electron chi connectivity index (χ4n) is 1.59. The number of nitrogens with zero attached hydrogens (tertiary/aromatic N) is 2. The van der Waals surface area contributed by atoms with Crippen LogP contribution in [0.25, 0.3) is 5.69 Å². The lowest BCUT2D eigenvalue weighted by Crippen LogP contribution is -2.13. The van der Waals surface area contributed by atoms with Crippen molar-refractivity contribution in [1.82, 2.24) is 9.55 Å². The van der Waals surface area contributed by atoms with E-state index in [0.717, 1.165) is 10.2 Å². The standard InChI is InChI=1S/C12H12BrN3O2/c1-2-18-12(17)10-11(14)15-7-16(10)9-6-4-3-5-8(9)13/h3-7H,2,14H2,1H3. The van der Waals surface area contributed by atoms with Gasteiger partial charge in [-0.25, -0.2) is 9.78 Å². The van der Waals surface area contributed by atoms with Gasteiger partial charge in [0.25, 0.3) is 0 Å². The SMILES string of the molecule is CCOC(=O)c1c(N)ncn1-c1ccccc1Br. The molecule has 6 heteroatoms. The molecule has 0 unspecified atom stereocenters. The summed E-state index contributed by atoms with van der Waals surface area (Å²) in [4.78, 5) is 15.8. The van der Waals surface area contributed by atoms with E-state index in [-0.39, 0.29) is 11.5 Å². The van der Waals surface area contributed by atoms with Crippen LogP contribution in [0.15, 0.2) is 35.1 Å². The Labute approximate surface area is 113 Å². The summed E-state index contributed by atoms with van der Waals surface area (Å²) in [6.45, 7) is 2.03. The average Bonchev–Trinajstić information content (AvgIpc) is 2.72. The number of aromatic nitrogens is 2. The van der Waals surface area contributed by atoms with Crippen molar-refractivity contribution in [3.8, 4) is 5.69 Å². The Morgan fingerprint density at radius 1 is 1.50 bits per heavy atom. The Balaban J connectivity index is 2.53. The van der Waals surface area contributed by atoms with Crippen molar-refractivity contribution >= 4 is 27.7 Å². The number of carbonyl (C=O) groups excluding carboxylic acids is 1. The fourth-order valence-corrected chi connectivity index (χ4v) is 2.07. The van der Waals surface area contributed by atoms with Gasteiger partial charge >= 0.3 is 5.97 Å². The number of rotatable bonds is 3. The molecule has 0 aliphatic rings. The van der Waals surface area contributed by atoms with Crippen LogP contribution < -0.4 is 5.73 Å². The molecule has 0 amide bonds. The van der Waals surface area contributed by atoms with Gasteiger partial charge < -0.3 is 10.5 Å². The maximum atomic E-state index is 11.9. The number of nitrogen functional groups attached to an aromatic ring is 1. The maximum absolute atomic E-state index is 11.9. The molecule has 0 saturated heterocycles. The second kappa shape index (κ2) is 5.22. The zero-order valence-electron chi connectivity index (χ0n) is 9.76. The van der Waals surface area contributed by atoms with Crippen molar-refractivity contribution in [3.63, 3.8) is 0 Å². The smallest absolute Gasteiger partial charge is 0.359 e. The summed E-state index contributed by atoms with van der Waals surface area (Å²) in [5.74, 6) is -0.326. The number of esters is 1. The highest BCUT2D eigenvalue weighted by atomic mass is 79.9. The summed E-state index contributed by atoms with van der Waals surface area (Å²) in [6, 6.07) is 7.48. The minimum Gasteiger partial charge on any atom is -0.461 e. The Bertz CT molecular complexity index is 580. The third-order valence-corrected chi connectivity index (χ3v) is 3.05. The van der Waals surface area contributed by atoms with E-state index in [1.54, 1.807) is 11.5 Å². The first kappa shape index (κ1) is 12.6. The molecule has 1 aromatic heterocycles. The van der Waals surface area contributed by atoms with E-state index >= 15 is 0 Å². The van der Waals surface area contributed by atoms with E-state index in [1.165, 1.54) is 6.33 Å². The summed E-state index contributed by atoms with van der Waals surface area (Å²) in [6.07, 6.45) is 1.50. The van der Waals surface area contributed by atoms with E-state index < -0.39 is 5.97 Å². The lowest BCUT2D eigenvalue weighted by atomic mass is 10.3. The number of para-hydroxylation sites is 1. The Morgan fingerprint density at radius 3 is 2.89 bits per heavy atom. The van der Waals surface area contributed by atoms with Crippen LogP contribution in [0.4, 0.5) is 5.82 Å². The van der Waals surface area contributed by atoms with E-state index in [1.807, 2.05) is 24.3 Å². The van der Waals surface area contributed by atoms with Crippen molar-refractivity contribution in [2.45, 2.75) is 6.92 Å². The largest absolute Gasteiger partial charge is 0.461 e. The van der Waals surface area contributed by atoms with Gasteiger partial charge in [-0.2, -0.15) is 0 Å². The molecule has 0 saturated carbocycles. The maximum Gasteiger partial charge on any atom is 0.359 e. The molecular weight excluding hydrogens is 298 g/mol. The van der Waals surface area contributed by atoms with E-state index in [2.05, 4.69) is 20.9 Å². The molecule has 0 bridgehead atoms. The van der Waals surface area contributed by atoms with Gasteiger partial charge in [-0.3, -0.25) is 4.57 Å². The molecule has 2 aromatic rings. The van der Waals surface area contributed by atoms with Gasteiger partial charge in [0, 0.05) is 4.47 Å². The molecule has 94 valence electrons. The Hall–Kier alpha value is -1.82. The van der Waals surface area contributed by atoms with Gasteiger partial charge in [0.1, 0.15) is 6.33 Å². The van der Waals surface area contributed by atoms with Gasteiger partial charge in [-0.1, -0.05) is 12.1 Å². The summed E-state index contributed by atoms with van der Waals surface area (Å²) >= 11 is 3.42. The first-order chi connectivity index (χ1) is 8.65. The van der Waals surface area contributed by atoms with Crippen LogP contribution in [0.3, 0.4) is 0 Å². The number of halogens is 1. The molecule has 18 heavy (non-hydrogen) atoms. The molecule has 1 heterocycles. The van der Waals surface area contributed by atoms with Crippen LogP contribution >= 0.6 is 15.9 Å². The number of anilines is 1. The highest BCUT2D eigenvalue weighted by molar-refractivity contribution is 9.10. The van der Waals surface area contributed by atoms with Crippen molar-refractivity contribution in [2.75, 3.05) is 12.3 Å². The Kier molecular flexibility index (Phi) is 3.66.